The molecule has 0 unspecified atom stereocenters. The van der Waals surface area contributed by atoms with E-state index in [9.17, 15) is 4.39 Å². The minimum Gasteiger partial charge on any atom is -0.376 e. The lowest BCUT2D eigenvalue weighted by Crippen LogP contribution is -2.40. The van der Waals surface area contributed by atoms with Gasteiger partial charge in [-0.2, -0.15) is 5.26 Å². The van der Waals surface area contributed by atoms with Crippen LogP contribution in [0.25, 0.3) is 0 Å². The maximum absolute atomic E-state index is 13.7. The summed E-state index contributed by atoms with van der Waals surface area (Å²) in [5.74, 6) is -0.303. The van der Waals surface area contributed by atoms with Gasteiger partial charge in [-0.25, -0.2) is 4.39 Å². The van der Waals surface area contributed by atoms with Crippen molar-refractivity contribution in [3.8, 4) is 6.07 Å². The second-order valence-electron chi connectivity index (χ2n) is 4.33. The number of morpholine rings is 1. The zero-order chi connectivity index (χ0) is 12.3. The SMILES string of the molecule is C[C@@H]1CN(Cc2ccc(C#N)cc2F)CCO1. The third kappa shape index (κ3) is 3.02. The Morgan fingerprint density at radius 1 is 1.59 bits per heavy atom. The van der Waals surface area contributed by atoms with E-state index in [1.54, 1.807) is 12.1 Å². The fourth-order valence-corrected chi connectivity index (χ4v) is 2.02. The van der Waals surface area contributed by atoms with Crippen LogP contribution in [-0.2, 0) is 11.3 Å². The van der Waals surface area contributed by atoms with Gasteiger partial charge in [0.05, 0.1) is 24.3 Å². The molecule has 1 aliphatic rings. The summed E-state index contributed by atoms with van der Waals surface area (Å²) in [6.07, 6.45) is 0.199. The minimum absolute atomic E-state index is 0.199. The Labute approximate surface area is 100 Å². The van der Waals surface area contributed by atoms with Crippen molar-refractivity contribution in [2.75, 3.05) is 19.7 Å². The molecule has 1 saturated heterocycles. The lowest BCUT2D eigenvalue weighted by Gasteiger charge is -2.31. The topological polar surface area (TPSA) is 36.3 Å². The van der Waals surface area contributed by atoms with Crippen LogP contribution in [0.4, 0.5) is 4.39 Å². The molecule has 0 radical (unpaired) electrons. The highest BCUT2D eigenvalue weighted by molar-refractivity contribution is 5.32. The summed E-state index contributed by atoms with van der Waals surface area (Å²) in [5, 5.41) is 8.67. The zero-order valence-electron chi connectivity index (χ0n) is 9.82. The molecule has 1 fully saturated rings. The van der Waals surface area contributed by atoms with Crippen LogP contribution in [-0.4, -0.2) is 30.7 Å². The van der Waals surface area contributed by atoms with E-state index in [2.05, 4.69) is 4.90 Å². The van der Waals surface area contributed by atoms with E-state index >= 15 is 0 Å². The van der Waals surface area contributed by atoms with Crippen molar-refractivity contribution in [1.29, 1.82) is 5.26 Å². The first kappa shape index (κ1) is 12.0. The quantitative estimate of drug-likeness (QED) is 0.784. The molecule has 0 saturated carbocycles. The average molecular weight is 234 g/mol. The molecule has 1 aliphatic heterocycles. The van der Waals surface area contributed by atoms with Crippen molar-refractivity contribution in [1.82, 2.24) is 4.90 Å². The fourth-order valence-electron chi connectivity index (χ4n) is 2.02. The Bertz CT molecular complexity index is 442. The fraction of sp³-hybridized carbons (Fsp3) is 0.462. The summed E-state index contributed by atoms with van der Waals surface area (Å²) in [6.45, 7) is 4.93. The van der Waals surface area contributed by atoms with Crippen LogP contribution in [0.2, 0.25) is 0 Å². The number of benzene rings is 1. The molecular weight excluding hydrogens is 219 g/mol. The largest absolute Gasteiger partial charge is 0.376 e. The number of nitriles is 1. The molecule has 1 aromatic rings. The Morgan fingerprint density at radius 2 is 2.41 bits per heavy atom. The van der Waals surface area contributed by atoms with Crippen LogP contribution in [0.5, 0.6) is 0 Å². The van der Waals surface area contributed by atoms with E-state index in [-0.39, 0.29) is 11.9 Å². The predicted molar refractivity (Wildman–Crippen MR) is 61.8 cm³/mol. The molecule has 17 heavy (non-hydrogen) atoms. The Kier molecular flexibility index (Phi) is 3.72. The molecule has 0 N–H and O–H groups in total. The summed E-state index contributed by atoms with van der Waals surface area (Å²) in [6, 6.07) is 6.57. The molecule has 1 aromatic carbocycles. The summed E-state index contributed by atoms with van der Waals surface area (Å²) in [4.78, 5) is 2.17. The van der Waals surface area contributed by atoms with Gasteiger partial charge in [0.2, 0.25) is 0 Å². The molecule has 0 aromatic heterocycles. The molecule has 1 atom stereocenters. The maximum atomic E-state index is 13.7. The van der Waals surface area contributed by atoms with E-state index in [1.165, 1.54) is 6.07 Å². The van der Waals surface area contributed by atoms with Crippen molar-refractivity contribution in [2.24, 2.45) is 0 Å². The van der Waals surface area contributed by atoms with Crippen molar-refractivity contribution >= 4 is 0 Å². The summed E-state index contributed by atoms with van der Waals surface area (Å²) < 4.78 is 19.1. The summed E-state index contributed by atoms with van der Waals surface area (Å²) in [5.41, 5.74) is 1.000. The smallest absolute Gasteiger partial charge is 0.129 e. The average Bonchev–Trinajstić information content (AvgIpc) is 2.32. The Balaban J connectivity index is 2.06. The molecule has 4 heteroatoms. The van der Waals surface area contributed by atoms with Crippen LogP contribution in [0.3, 0.4) is 0 Å². The van der Waals surface area contributed by atoms with Gasteiger partial charge >= 0.3 is 0 Å². The van der Waals surface area contributed by atoms with Crippen LogP contribution in [0, 0.1) is 17.1 Å². The van der Waals surface area contributed by atoms with E-state index in [0.29, 0.717) is 24.3 Å². The predicted octanol–water partition coefficient (Wildman–Crippen LogP) is 1.92. The van der Waals surface area contributed by atoms with E-state index < -0.39 is 0 Å². The highest BCUT2D eigenvalue weighted by Gasteiger charge is 2.17. The molecule has 2 rings (SSSR count). The van der Waals surface area contributed by atoms with Crippen LogP contribution in [0.1, 0.15) is 18.1 Å². The molecule has 0 bridgehead atoms. The van der Waals surface area contributed by atoms with E-state index in [0.717, 1.165) is 13.1 Å². The van der Waals surface area contributed by atoms with Crippen molar-refractivity contribution < 1.29 is 9.13 Å². The van der Waals surface area contributed by atoms with Gasteiger partial charge in [-0.3, -0.25) is 4.90 Å². The number of halogens is 1. The van der Waals surface area contributed by atoms with Gasteiger partial charge in [-0.05, 0) is 19.1 Å². The number of nitrogens with zero attached hydrogens (tertiary/aromatic N) is 2. The molecule has 0 spiro atoms. The zero-order valence-corrected chi connectivity index (χ0v) is 9.82. The second kappa shape index (κ2) is 5.26. The molecule has 3 nitrogen and oxygen atoms in total. The number of hydrogen-bond acceptors (Lipinski definition) is 3. The molecular formula is C13H15FN2O. The molecule has 90 valence electrons. The summed E-state index contributed by atoms with van der Waals surface area (Å²) in [7, 11) is 0. The highest BCUT2D eigenvalue weighted by atomic mass is 19.1. The monoisotopic (exact) mass is 234 g/mol. The molecule has 1 heterocycles. The normalized spacial score (nSPS) is 21.1. The number of hydrogen-bond donors (Lipinski definition) is 0. The van der Waals surface area contributed by atoms with Crippen LogP contribution in [0.15, 0.2) is 18.2 Å². The van der Waals surface area contributed by atoms with Gasteiger partial charge in [-0.1, -0.05) is 6.07 Å². The third-order valence-electron chi connectivity index (χ3n) is 2.90. The van der Waals surface area contributed by atoms with Gasteiger partial charge in [0, 0.05) is 25.2 Å². The Hall–Kier alpha value is -1.44. The number of rotatable bonds is 2. The lowest BCUT2D eigenvalue weighted by molar-refractivity contribution is -0.0215. The molecule has 0 amide bonds. The van der Waals surface area contributed by atoms with Crippen molar-refractivity contribution in [3.05, 3.63) is 35.1 Å². The number of ether oxygens (including phenoxy) is 1. The third-order valence-corrected chi connectivity index (χ3v) is 2.90. The van der Waals surface area contributed by atoms with Crippen LogP contribution < -0.4 is 0 Å². The first-order valence-corrected chi connectivity index (χ1v) is 5.71. The van der Waals surface area contributed by atoms with Gasteiger partial charge in [0.1, 0.15) is 5.82 Å². The highest BCUT2D eigenvalue weighted by Crippen LogP contribution is 2.14. The van der Waals surface area contributed by atoms with Crippen molar-refractivity contribution in [2.45, 2.75) is 19.6 Å². The second-order valence-corrected chi connectivity index (χ2v) is 4.33. The first-order chi connectivity index (χ1) is 8.19. The van der Waals surface area contributed by atoms with E-state index in [4.69, 9.17) is 10.00 Å². The van der Waals surface area contributed by atoms with Crippen molar-refractivity contribution in [3.63, 3.8) is 0 Å². The van der Waals surface area contributed by atoms with Gasteiger partial charge in [-0.15, -0.1) is 0 Å². The maximum Gasteiger partial charge on any atom is 0.129 e. The van der Waals surface area contributed by atoms with Crippen LogP contribution >= 0.6 is 0 Å². The van der Waals surface area contributed by atoms with Gasteiger partial charge in [0.25, 0.3) is 0 Å². The summed E-state index contributed by atoms with van der Waals surface area (Å²) >= 11 is 0. The molecule has 0 aliphatic carbocycles. The Morgan fingerprint density at radius 3 is 3.06 bits per heavy atom. The standard InChI is InChI=1S/C13H15FN2O/c1-10-8-16(4-5-17-10)9-12-3-2-11(7-15)6-13(12)14/h2-3,6,10H,4-5,8-9H2,1H3/t10-/m1/s1. The first-order valence-electron chi connectivity index (χ1n) is 5.71. The van der Waals surface area contributed by atoms with Gasteiger partial charge in [0.15, 0.2) is 0 Å². The lowest BCUT2D eigenvalue weighted by atomic mass is 10.1. The van der Waals surface area contributed by atoms with E-state index in [1.807, 2.05) is 13.0 Å². The minimum atomic E-state index is -0.303. The van der Waals surface area contributed by atoms with Gasteiger partial charge < -0.3 is 4.74 Å².